The van der Waals surface area contributed by atoms with Crippen LogP contribution in [0.2, 0.25) is 0 Å². The van der Waals surface area contributed by atoms with E-state index in [1.807, 2.05) is 30.3 Å². The molecule has 296 valence electrons. The molecule has 0 saturated carbocycles. The summed E-state index contributed by atoms with van der Waals surface area (Å²) in [6.45, 7) is 0.439. The predicted octanol–water partition coefficient (Wildman–Crippen LogP) is 0.431. The van der Waals surface area contributed by atoms with Gasteiger partial charge in [-0.15, -0.1) is 5.10 Å². The van der Waals surface area contributed by atoms with Gasteiger partial charge in [-0.3, -0.25) is 19.1 Å². The summed E-state index contributed by atoms with van der Waals surface area (Å²) in [5.74, 6) is 0.711. The van der Waals surface area contributed by atoms with Crippen LogP contribution >= 0.6 is 0 Å². The van der Waals surface area contributed by atoms with Gasteiger partial charge in [0.2, 0.25) is 0 Å². The molecule has 0 bridgehead atoms. The summed E-state index contributed by atoms with van der Waals surface area (Å²) in [6.07, 6.45) is -2.53. The number of aryl methyl sites for hydroxylation is 1. The van der Waals surface area contributed by atoms with Crippen LogP contribution in [0.25, 0.3) is 0 Å². The minimum atomic E-state index is -1.59. The van der Waals surface area contributed by atoms with E-state index in [-0.39, 0.29) is 18.9 Å². The summed E-state index contributed by atoms with van der Waals surface area (Å²) >= 11 is 0. The van der Waals surface area contributed by atoms with Gasteiger partial charge in [-0.2, -0.15) is 0 Å². The van der Waals surface area contributed by atoms with Crippen molar-refractivity contribution in [2.24, 2.45) is 5.73 Å². The number of benzene rings is 2. The minimum absolute atomic E-state index is 0.0212. The molecule has 0 radical (unpaired) electrons. The number of ether oxygens (including phenoxy) is 4. The highest BCUT2D eigenvalue weighted by molar-refractivity contribution is 6.08. The molecule has 2 aromatic carbocycles. The fourth-order valence-electron chi connectivity index (χ4n) is 6.76. The molecule has 2 saturated heterocycles. The van der Waals surface area contributed by atoms with Crippen molar-refractivity contribution in [1.82, 2.24) is 24.5 Å². The Balaban J connectivity index is 0.951. The van der Waals surface area contributed by atoms with E-state index in [1.54, 1.807) is 30.5 Å². The summed E-state index contributed by atoms with van der Waals surface area (Å²) in [5.41, 5.74) is 6.17. The smallest absolute Gasteiger partial charge is 0.330 e. The fourth-order valence-corrected chi connectivity index (χ4v) is 6.76. The monoisotopic (exact) mass is 764 g/mol. The Hall–Kier alpha value is -4.59. The van der Waals surface area contributed by atoms with Gasteiger partial charge in [0, 0.05) is 36.1 Å². The van der Waals surface area contributed by atoms with Crippen molar-refractivity contribution in [3.8, 4) is 5.75 Å². The third-order valence-electron chi connectivity index (χ3n) is 9.83. The Kier molecular flexibility index (Phi) is 13.7. The number of aromatic amines is 1. The largest absolute Gasteiger partial charge is 0.494 e. The maximum Gasteiger partial charge on any atom is 0.330 e. The van der Waals surface area contributed by atoms with Gasteiger partial charge < -0.3 is 45.1 Å². The number of hydrogen-bond acceptors (Lipinski definition) is 14. The van der Waals surface area contributed by atoms with Crippen LogP contribution in [0.1, 0.15) is 66.4 Å². The lowest BCUT2D eigenvalue weighted by molar-refractivity contribution is -0.223. The van der Waals surface area contributed by atoms with Crippen LogP contribution in [0.4, 0.5) is 0 Å². The van der Waals surface area contributed by atoms with Crippen LogP contribution in [-0.4, -0.2) is 113 Å². The molecule has 0 spiro atoms. The molecule has 4 heterocycles. The average molecular weight is 765 g/mol. The summed E-state index contributed by atoms with van der Waals surface area (Å²) < 4.78 is 25.9. The molecule has 6 rings (SSSR count). The zero-order chi connectivity index (χ0) is 38.9. The number of aliphatic hydroxyl groups is 4. The molecular weight excluding hydrogens is 716 g/mol. The van der Waals surface area contributed by atoms with E-state index in [1.165, 1.54) is 4.68 Å². The van der Waals surface area contributed by atoms with Crippen LogP contribution < -0.4 is 21.7 Å². The van der Waals surface area contributed by atoms with Gasteiger partial charge in [0.05, 0.1) is 18.8 Å². The first kappa shape index (κ1) is 40.1. The van der Waals surface area contributed by atoms with Crippen molar-refractivity contribution in [2.75, 3.05) is 13.2 Å². The molecule has 2 aromatic heterocycles. The number of hydrogen-bond donors (Lipinski definition) is 6. The van der Waals surface area contributed by atoms with Crippen LogP contribution in [-0.2, 0) is 27.2 Å². The number of aromatic nitrogens is 5. The normalized spacial score (nSPS) is 25.6. The molecule has 4 aromatic rings. The number of carbonyl (C=O) groups is 1. The van der Waals surface area contributed by atoms with Crippen LogP contribution in [0, 0.1) is 0 Å². The van der Waals surface area contributed by atoms with Gasteiger partial charge in [0.15, 0.2) is 18.3 Å². The lowest BCUT2D eigenvalue weighted by atomic mass is 10.0. The number of unbranched alkanes of at least 4 members (excludes halogenated alkanes) is 5. The zero-order valence-corrected chi connectivity index (χ0v) is 30.2. The molecule has 0 amide bonds. The van der Waals surface area contributed by atoms with Crippen LogP contribution in [0.3, 0.4) is 0 Å². The molecule has 17 nitrogen and oxygen atoms in total. The van der Waals surface area contributed by atoms with E-state index in [2.05, 4.69) is 15.3 Å². The lowest BCUT2D eigenvalue weighted by Gasteiger charge is -2.29. The van der Waals surface area contributed by atoms with Crippen molar-refractivity contribution in [2.45, 2.75) is 107 Å². The second-order valence-corrected chi connectivity index (χ2v) is 13.8. The van der Waals surface area contributed by atoms with Crippen molar-refractivity contribution in [3.63, 3.8) is 0 Å². The van der Waals surface area contributed by atoms with E-state index in [0.29, 0.717) is 24.2 Å². The van der Waals surface area contributed by atoms with E-state index in [4.69, 9.17) is 24.7 Å². The van der Waals surface area contributed by atoms with Gasteiger partial charge in [0.1, 0.15) is 48.5 Å². The first-order valence-electron chi connectivity index (χ1n) is 18.5. The van der Waals surface area contributed by atoms with E-state index >= 15 is 0 Å². The van der Waals surface area contributed by atoms with E-state index in [0.717, 1.165) is 66.8 Å². The number of aliphatic hydroxyl groups excluding tert-OH is 4. The molecule has 55 heavy (non-hydrogen) atoms. The summed E-state index contributed by atoms with van der Waals surface area (Å²) in [5, 5.41) is 51.3. The first-order valence-corrected chi connectivity index (χ1v) is 18.5. The number of ketones is 1. The second kappa shape index (κ2) is 18.8. The van der Waals surface area contributed by atoms with E-state index < -0.39 is 66.5 Å². The highest BCUT2D eigenvalue weighted by Crippen LogP contribution is 2.33. The minimum Gasteiger partial charge on any atom is -0.494 e. The van der Waals surface area contributed by atoms with Gasteiger partial charge in [-0.05, 0) is 43.5 Å². The number of nitrogens with two attached hydrogens (primary N) is 1. The molecule has 0 unspecified atom stereocenters. The second-order valence-electron chi connectivity index (χ2n) is 13.8. The maximum atomic E-state index is 12.6. The highest BCUT2D eigenvalue weighted by atomic mass is 16.7. The summed E-state index contributed by atoms with van der Waals surface area (Å²) in [4.78, 5) is 38.7. The maximum absolute atomic E-state index is 12.6. The SMILES string of the molecule is NC[C@H]1O[C@@H](O[C@@H](Cn2cc(CCCCCCCCOc3ccc(C(=O)c4ccccc4)cc3)nn2)[C@H]2O[C@@H](n3ccc(=O)[nH]c3=O)[C@H](O)[C@@H]2O)[C@H](O)[C@@H]1O. The standard InChI is InChI=1S/C38H48N6O11/c39-20-27-31(47)34(50)37(53-27)54-28(35-32(48)33(49)36(55-35)44-18-17-29(45)40-38(44)51)22-43-21-25(41-42-43)12-8-3-1-2-4-9-19-52-26-15-13-24(14-16-26)30(46)23-10-6-5-7-11-23/h5-7,10-11,13-18,21,27-28,31-37,47-50H,1-4,8-9,12,19-20,22,39H2,(H,40,45,51)/t27-,28+,31-,32+,33-,34-,35-,36-,37+/m1/s1. The Labute approximate surface area is 316 Å². The Bertz CT molecular complexity index is 1940. The fraction of sp³-hybridized carbons (Fsp3) is 0.500. The van der Waals surface area contributed by atoms with Gasteiger partial charge in [-0.25, -0.2) is 9.48 Å². The number of carbonyl (C=O) groups excluding carboxylic acids is 1. The average Bonchev–Trinajstić information content (AvgIpc) is 3.85. The Morgan fingerprint density at radius 3 is 2.27 bits per heavy atom. The Morgan fingerprint density at radius 2 is 1.56 bits per heavy atom. The van der Waals surface area contributed by atoms with Gasteiger partial charge in [-0.1, -0.05) is 61.2 Å². The summed E-state index contributed by atoms with van der Waals surface area (Å²) in [6, 6.07) is 17.5. The van der Waals surface area contributed by atoms with Crippen LogP contribution in [0.15, 0.2) is 82.6 Å². The van der Waals surface area contributed by atoms with Crippen molar-refractivity contribution in [1.29, 1.82) is 0 Å². The zero-order valence-electron chi connectivity index (χ0n) is 30.2. The molecule has 2 aliphatic rings. The topological polar surface area (TPSA) is 246 Å². The molecule has 17 heteroatoms. The number of nitrogens with one attached hydrogen (secondary N) is 1. The molecular formula is C38H48N6O11. The Morgan fingerprint density at radius 1 is 0.855 bits per heavy atom. The molecule has 7 N–H and O–H groups in total. The molecule has 2 aliphatic heterocycles. The van der Waals surface area contributed by atoms with E-state index in [9.17, 15) is 34.8 Å². The van der Waals surface area contributed by atoms with Crippen molar-refractivity contribution >= 4 is 5.78 Å². The third-order valence-corrected chi connectivity index (χ3v) is 9.83. The third kappa shape index (κ3) is 10.00. The predicted molar refractivity (Wildman–Crippen MR) is 195 cm³/mol. The molecule has 0 aliphatic carbocycles. The van der Waals surface area contributed by atoms with Crippen molar-refractivity contribution in [3.05, 3.63) is 111 Å². The number of rotatable bonds is 19. The quantitative estimate of drug-likeness (QED) is 0.0560. The highest BCUT2D eigenvalue weighted by Gasteiger charge is 2.51. The number of H-pyrrole nitrogens is 1. The molecule has 2 fully saturated rings. The molecule has 9 atom stereocenters. The van der Waals surface area contributed by atoms with Gasteiger partial charge in [0.25, 0.3) is 5.56 Å². The van der Waals surface area contributed by atoms with Gasteiger partial charge >= 0.3 is 5.69 Å². The van der Waals surface area contributed by atoms with Crippen LogP contribution in [0.5, 0.6) is 5.75 Å². The van der Waals surface area contributed by atoms with Crippen molar-refractivity contribution < 1.29 is 44.2 Å². The lowest BCUT2D eigenvalue weighted by Crippen LogP contribution is -2.46. The first-order chi connectivity index (χ1) is 26.6. The summed E-state index contributed by atoms with van der Waals surface area (Å²) in [7, 11) is 0. The number of nitrogens with zero attached hydrogens (tertiary/aromatic N) is 4.